The van der Waals surface area contributed by atoms with Gasteiger partial charge in [0.15, 0.2) is 5.82 Å². The van der Waals surface area contributed by atoms with Crippen LogP contribution in [-0.2, 0) is 22.4 Å². The zero-order valence-electron chi connectivity index (χ0n) is 16.7. The number of anilines is 2. The third kappa shape index (κ3) is 3.44. The number of fused-ring (bicyclic) bond motifs is 1. The predicted molar refractivity (Wildman–Crippen MR) is 105 cm³/mol. The van der Waals surface area contributed by atoms with Crippen molar-refractivity contribution in [1.82, 2.24) is 19.7 Å². The number of carbonyl (C=O) groups is 1. The molecule has 4 heterocycles. The fourth-order valence-corrected chi connectivity index (χ4v) is 4.00. The molecule has 2 aliphatic heterocycles. The average molecular weight is 385 g/mol. The highest BCUT2D eigenvalue weighted by molar-refractivity contribution is 5.69. The topological polar surface area (TPSA) is 72.7 Å². The number of aryl methyl sites for hydroxylation is 1. The summed E-state index contributed by atoms with van der Waals surface area (Å²) < 4.78 is 12.7. The number of amides is 1. The van der Waals surface area contributed by atoms with E-state index in [4.69, 9.17) is 14.6 Å². The van der Waals surface area contributed by atoms with Crippen LogP contribution in [0.15, 0.2) is 18.3 Å². The molecule has 0 atom stereocenters. The highest BCUT2D eigenvalue weighted by atomic mass is 16.5. The molecule has 2 aromatic heterocycles. The molecule has 150 valence electrons. The van der Waals surface area contributed by atoms with Crippen molar-refractivity contribution in [3.63, 3.8) is 0 Å². The van der Waals surface area contributed by atoms with Crippen molar-refractivity contribution in [2.45, 2.75) is 38.8 Å². The first-order valence-electron chi connectivity index (χ1n) is 9.75. The minimum atomic E-state index is -0.296. The lowest BCUT2D eigenvalue weighted by atomic mass is 10.0. The second kappa shape index (κ2) is 7.79. The quantitative estimate of drug-likeness (QED) is 0.809. The maximum atomic E-state index is 12.1. The smallest absolute Gasteiger partial charge is 0.409 e. The number of methoxy groups -OCH3 is 1. The van der Waals surface area contributed by atoms with Gasteiger partial charge in [-0.3, -0.25) is 9.67 Å². The molecule has 0 N–H and O–H groups in total. The molecular formula is C20H27N5O3. The number of hydrogen-bond donors (Lipinski definition) is 0. The van der Waals surface area contributed by atoms with Crippen molar-refractivity contribution in [2.75, 3.05) is 38.8 Å². The first-order valence-corrected chi connectivity index (χ1v) is 9.75. The van der Waals surface area contributed by atoms with Gasteiger partial charge in [0.25, 0.3) is 0 Å². The Morgan fingerprint density at radius 3 is 2.79 bits per heavy atom. The normalized spacial score (nSPS) is 17.3. The summed E-state index contributed by atoms with van der Waals surface area (Å²) in [5.74, 6) is 0.876. The predicted octanol–water partition coefficient (Wildman–Crippen LogP) is 2.83. The minimum absolute atomic E-state index is 0.296. The van der Waals surface area contributed by atoms with E-state index < -0.39 is 0 Å². The lowest BCUT2D eigenvalue weighted by Gasteiger charge is -2.29. The monoisotopic (exact) mass is 385 g/mol. The molecule has 1 amide bonds. The molecule has 0 saturated carbocycles. The molecule has 1 saturated heterocycles. The molecular weight excluding hydrogens is 358 g/mol. The average Bonchev–Trinajstić information content (AvgIpc) is 3.12. The maximum Gasteiger partial charge on any atom is 0.409 e. The van der Waals surface area contributed by atoms with Crippen molar-refractivity contribution in [3.8, 4) is 0 Å². The van der Waals surface area contributed by atoms with E-state index in [-0.39, 0.29) is 6.09 Å². The number of nitrogens with zero attached hydrogens (tertiary/aromatic N) is 5. The molecule has 4 rings (SSSR count). The Morgan fingerprint density at radius 2 is 2.11 bits per heavy atom. The van der Waals surface area contributed by atoms with E-state index in [2.05, 4.69) is 14.6 Å². The summed E-state index contributed by atoms with van der Waals surface area (Å²) in [5.41, 5.74) is 4.25. The number of aromatic nitrogens is 3. The van der Waals surface area contributed by atoms with Crippen LogP contribution in [-0.4, -0.2) is 59.7 Å². The van der Waals surface area contributed by atoms with Gasteiger partial charge in [-0.2, -0.15) is 5.10 Å². The minimum Gasteiger partial charge on any atom is -0.453 e. The summed E-state index contributed by atoms with van der Waals surface area (Å²) in [6.45, 7) is 4.65. The molecule has 8 nitrogen and oxygen atoms in total. The highest BCUT2D eigenvalue weighted by Crippen LogP contribution is 2.35. The van der Waals surface area contributed by atoms with E-state index in [1.807, 2.05) is 32.3 Å². The van der Waals surface area contributed by atoms with Crippen LogP contribution in [0.4, 0.5) is 16.3 Å². The number of ether oxygens (including phenoxy) is 2. The lowest BCUT2D eigenvalue weighted by molar-refractivity contribution is 0.0649. The first kappa shape index (κ1) is 18.7. The van der Waals surface area contributed by atoms with Crippen LogP contribution in [0, 0.1) is 6.92 Å². The summed E-state index contributed by atoms with van der Waals surface area (Å²) in [4.78, 5) is 20.3. The fourth-order valence-electron chi connectivity index (χ4n) is 4.00. The number of hydrogen-bond acceptors (Lipinski definition) is 6. The van der Waals surface area contributed by atoms with Gasteiger partial charge < -0.3 is 19.3 Å². The van der Waals surface area contributed by atoms with Crippen LogP contribution in [0.5, 0.6) is 0 Å². The van der Waals surface area contributed by atoms with Crippen LogP contribution in [0.2, 0.25) is 0 Å². The van der Waals surface area contributed by atoms with E-state index in [1.54, 1.807) is 4.90 Å². The van der Waals surface area contributed by atoms with Gasteiger partial charge in [-0.1, -0.05) is 0 Å². The third-order valence-corrected chi connectivity index (χ3v) is 5.64. The standard InChI is InChI=1S/C20H27N5O3/c1-14-4-5-16(12-21-14)23(2)19-17-13-24(20(26)27-3)9-6-18(17)25(22-19)15-7-10-28-11-8-15/h4-5,12,15H,6-11,13H2,1-3H3. The van der Waals surface area contributed by atoms with Crippen LogP contribution >= 0.6 is 0 Å². The zero-order valence-corrected chi connectivity index (χ0v) is 16.7. The molecule has 0 spiro atoms. The number of pyridine rings is 1. The molecule has 0 unspecified atom stereocenters. The van der Waals surface area contributed by atoms with Gasteiger partial charge in [0.1, 0.15) is 0 Å². The van der Waals surface area contributed by atoms with Crippen molar-refractivity contribution in [3.05, 3.63) is 35.3 Å². The zero-order chi connectivity index (χ0) is 19.7. The highest BCUT2D eigenvalue weighted by Gasteiger charge is 2.32. The van der Waals surface area contributed by atoms with Crippen LogP contribution in [0.25, 0.3) is 0 Å². The van der Waals surface area contributed by atoms with Crippen LogP contribution < -0.4 is 4.90 Å². The van der Waals surface area contributed by atoms with Crippen molar-refractivity contribution >= 4 is 17.6 Å². The molecule has 0 aromatic carbocycles. The molecule has 2 aliphatic rings. The third-order valence-electron chi connectivity index (χ3n) is 5.64. The second-order valence-electron chi connectivity index (χ2n) is 7.40. The molecule has 0 aliphatic carbocycles. The number of rotatable bonds is 3. The van der Waals surface area contributed by atoms with E-state index >= 15 is 0 Å². The van der Waals surface area contributed by atoms with Gasteiger partial charge in [0, 0.05) is 50.2 Å². The summed E-state index contributed by atoms with van der Waals surface area (Å²) in [6.07, 6.45) is 4.26. The van der Waals surface area contributed by atoms with Gasteiger partial charge >= 0.3 is 6.09 Å². The van der Waals surface area contributed by atoms with Crippen molar-refractivity contribution < 1.29 is 14.3 Å². The van der Waals surface area contributed by atoms with Crippen molar-refractivity contribution in [2.24, 2.45) is 0 Å². The second-order valence-corrected chi connectivity index (χ2v) is 7.40. The Hall–Kier alpha value is -2.61. The Labute approximate surface area is 165 Å². The van der Waals surface area contributed by atoms with Gasteiger partial charge in [-0.15, -0.1) is 0 Å². The molecule has 0 radical (unpaired) electrons. The summed E-state index contributed by atoms with van der Waals surface area (Å²) in [5, 5.41) is 5.01. The Morgan fingerprint density at radius 1 is 1.32 bits per heavy atom. The molecule has 0 bridgehead atoms. The fraction of sp³-hybridized carbons (Fsp3) is 0.550. The molecule has 2 aromatic rings. The summed E-state index contributed by atoms with van der Waals surface area (Å²) >= 11 is 0. The van der Waals surface area contributed by atoms with E-state index in [1.165, 1.54) is 12.8 Å². The Kier molecular flexibility index (Phi) is 5.21. The van der Waals surface area contributed by atoms with Crippen LogP contribution in [0.3, 0.4) is 0 Å². The largest absolute Gasteiger partial charge is 0.453 e. The molecule has 28 heavy (non-hydrogen) atoms. The first-order chi connectivity index (χ1) is 13.6. The Bertz CT molecular complexity index is 842. The summed E-state index contributed by atoms with van der Waals surface area (Å²) in [6, 6.07) is 4.38. The summed E-state index contributed by atoms with van der Waals surface area (Å²) in [7, 11) is 3.43. The van der Waals surface area contributed by atoms with E-state index in [0.29, 0.717) is 19.1 Å². The molecule has 8 heteroatoms. The van der Waals surface area contributed by atoms with Gasteiger partial charge in [-0.05, 0) is 31.9 Å². The maximum absolute atomic E-state index is 12.1. The molecule has 1 fully saturated rings. The van der Waals surface area contributed by atoms with E-state index in [9.17, 15) is 4.79 Å². The number of carbonyl (C=O) groups excluding carboxylic acids is 1. The van der Waals surface area contributed by atoms with E-state index in [0.717, 1.165) is 55.2 Å². The van der Waals surface area contributed by atoms with Gasteiger partial charge in [0.2, 0.25) is 0 Å². The lowest BCUT2D eigenvalue weighted by Crippen LogP contribution is -2.37. The Balaban J connectivity index is 1.73. The SMILES string of the molecule is COC(=O)N1CCc2c(c(N(C)c3ccc(C)nc3)nn2C2CCOCC2)C1. The van der Waals surface area contributed by atoms with Crippen LogP contribution in [0.1, 0.15) is 35.8 Å². The van der Waals surface area contributed by atoms with Crippen molar-refractivity contribution in [1.29, 1.82) is 0 Å². The van der Waals surface area contributed by atoms with Gasteiger partial charge in [-0.25, -0.2) is 4.79 Å². The van der Waals surface area contributed by atoms with Gasteiger partial charge in [0.05, 0.1) is 31.6 Å².